The molecule has 0 unspecified atom stereocenters. The molecule has 0 radical (unpaired) electrons. The zero-order valence-corrected chi connectivity index (χ0v) is 15.2. The van der Waals surface area contributed by atoms with Gasteiger partial charge in [0.1, 0.15) is 5.75 Å². The zero-order chi connectivity index (χ0) is 17.6. The van der Waals surface area contributed by atoms with Crippen molar-refractivity contribution in [3.8, 4) is 5.75 Å². The Kier molecular flexibility index (Phi) is 6.62. The second-order valence-corrected chi connectivity index (χ2v) is 7.94. The highest BCUT2D eigenvalue weighted by Gasteiger charge is 2.28. The molecule has 0 bridgehead atoms. The van der Waals surface area contributed by atoms with E-state index >= 15 is 0 Å². The number of ether oxygens (including phenoxy) is 1. The highest BCUT2D eigenvalue weighted by molar-refractivity contribution is 7.89. The Labute approximate surface area is 144 Å². The summed E-state index contributed by atoms with van der Waals surface area (Å²) in [6, 6.07) is 7.51. The molecule has 1 aromatic carbocycles. The van der Waals surface area contributed by atoms with Gasteiger partial charge in [-0.25, -0.2) is 8.42 Å². The van der Waals surface area contributed by atoms with E-state index < -0.39 is 10.0 Å². The molecule has 0 spiro atoms. The van der Waals surface area contributed by atoms with Crippen LogP contribution in [0.5, 0.6) is 5.75 Å². The topological polar surface area (TPSA) is 66.9 Å². The van der Waals surface area contributed by atoms with Gasteiger partial charge in [-0.2, -0.15) is 4.31 Å². The number of hydrogen-bond acceptors (Lipinski definition) is 4. The van der Waals surface area contributed by atoms with Crippen LogP contribution in [-0.2, 0) is 21.2 Å². The number of amides is 1. The predicted octanol–water partition coefficient (Wildman–Crippen LogP) is 1.51. The lowest BCUT2D eigenvalue weighted by Gasteiger charge is -2.34. The molecule has 7 heteroatoms. The highest BCUT2D eigenvalue weighted by Crippen LogP contribution is 2.14. The largest absolute Gasteiger partial charge is 0.494 e. The number of sulfonamides is 1. The molecule has 1 amide bonds. The third kappa shape index (κ3) is 4.95. The zero-order valence-electron chi connectivity index (χ0n) is 14.4. The second kappa shape index (κ2) is 8.48. The lowest BCUT2D eigenvalue weighted by atomic mass is 10.1. The number of piperazine rings is 1. The average molecular weight is 354 g/mol. The first-order valence-electron chi connectivity index (χ1n) is 8.43. The number of carbonyl (C=O) groups is 1. The van der Waals surface area contributed by atoms with Crippen LogP contribution < -0.4 is 4.74 Å². The van der Waals surface area contributed by atoms with E-state index in [-0.39, 0.29) is 11.7 Å². The molecule has 134 valence electrons. The van der Waals surface area contributed by atoms with E-state index in [0.717, 1.165) is 11.3 Å². The lowest BCUT2D eigenvalue weighted by Crippen LogP contribution is -2.51. The monoisotopic (exact) mass is 354 g/mol. The summed E-state index contributed by atoms with van der Waals surface area (Å²) in [4.78, 5) is 14.1. The Hall–Kier alpha value is -1.60. The summed E-state index contributed by atoms with van der Waals surface area (Å²) in [7, 11) is -3.17. The van der Waals surface area contributed by atoms with Gasteiger partial charge in [0.05, 0.1) is 18.8 Å². The minimum atomic E-state index is -3.17. The Morgan fingerprint density at radius 2 is 1.71 bits per heavy atom. The molecule has 1 saturated heterocycles. The normalized spacial score (nSPS) is 16.2. The van der Waals surface area contributed by atoms with Gasteiger partial charge in [0.15, 0.2) is 0 Å². The van der Waals surface area contributed by atoms with E-state index in [1.165, 1.54) is 4.31 Å². The minimum Gasteiger partial charge on any atom is -0.494 e. The molecule has 1 aliphatic heterocycles. The van der Waals surface area contributed by atoms with E-state index in [2.05, 4.69) is 0 Å². The fourth-order valence-electron chi connectivity index (χ4n) is 2.76. The summed E-state index contributed by atoms with van der Waals surface area (Å²) in [6.45, 7) is 6.09. The molecule has 1 aliphatic rings. The molecule has 0 saturated carbocycles. The minimum absolute atomic E-state index is 0.0340. The number of rotatable bonds is 7. The van der Waals surface area contributed by atoms with Crippen LogP contribution >= 0.6 is 0 Å². The molecular formula is C17H26N2O4S. The molecule has 2 rings (SSSR count). The van der Waals surface area contributed by atoms with Crippen LogP contribution in [0.1, 0.15) is 25.8 Å². The van der Waals surface area contributed by atoms with E-state index in [9.17, 15) is 13.2 Å². The van der Waals surface area contributed by atoms with Crippen LogP contribution in [0, 0.1) is 0 Å². The Balaban J connectivity index is 1.86. The molecule has 0 aromatic heterocycles. The Morgan fingerprint density at radius 1 is 1.08 bits per heavy atom. The van der Waals surface area contributed by atoms with Gasteiger partial charge in [-0.05, 0) is 31.0 Å². The summed E-state index contributed by atoms with van der Waals surface area (Å²) in [5, 5.41) is 0. The van der Waals surface area contributed by atoms with Crippen molar-refractivity contribution in [2.75, 3.05) is 38.5 Å². The van der Waals surface area contributed by atoms with Gasteiger partial charge in [-0.15, -0.1) is 0 Å². The van der Waals surface area contributed by atoms with Crippen molar-refractivity contribution in [1.29, 1.82) is 0 Å². The van der Waals surface area contributed by atoms with Crippen molar-refractivity contribution < 1.29 is 17.9 Å². The van der Waals surface area contributed by atoms with Crippen LogP contribution in [0.3, 0.4) is 0 Å². The second-order valence-electron chi connectivity index (χ2n) is 5.85. The van der Waals surface area contributed by atoms with E-state index in [4.69, 9.17) is 4.74 Å². The highest BCUT2D eigenvalue weighted by atomic mass is 32.2. The maximum Gasteiger partial charge on any atom is 0.227 e. The van der Waals surface area contributed by atoms with Crippen molar-refractivity contribution in [1.82, 2.24) is 9.21 Å². The van der Waals surface area contributed by atoms with E-state index in [1.807, 2.05) is 38.1 Å². The lowest BCUT2D eigenvalue weighted by molar-refractivity contribution is -0.131. The van der Waals surface area contributed by atoms with Crippen molar-refractivity contribution in [2.24, 2.45) is 0 Å². The van der Waals surface area contributed by atoms with Crippen LogP contribution in [-0.4, -0.2) is 62.1 Å². The van der Waals surface area contributed by atoms with E-state index in [1.54, 1.807) is 4.90 Å². The maximum absolute atomic E-state index is 12.4. The Morgan fingerprint density at radius 3 is 2.25 bits per heavy atom. The molecule has 6 nitrogen and oxygen atoms in total. The molecule has 1 heterocycles. The summed E-state index contributed by atoms with van der Waals surface area (Å²) in [5.41, 5.74) is 0.935. The molecule has 1 aromatic rings. The van der Waals surface area contributed by atoms with Gasteiger partial charge in [-0.1, -0.05) is 19.1 Å². The molecule has 0 N–H and O–H groups in total. The molecule has 1 fully saturated rings. The maximum atomic E-state index is 12.4. The first kappa shape index (κ1) is 18.7. The molecule has 0 atom stereocenters. The number of carbonyl (C=O) groups excluding carboxylic acids is 1. The van der Waals surface area contributed by atoms with Gasteiger partial charge in [0, 0.05) is 26.2 Å². The van der Waals surface area contributed by atoms with Gasteiger partial charge in [0.2, 0.25) is 15.9 Å². The quantitative estimate of drug-likeness (QED) is 0.744. The third-order valence-electron chi connectivity index (χ3n) is 4.04. The first-order chi connectivity index (χ1) is 11.5. The summed E-state index contributed by atoms with van der Waals surface area (Å²) in [5.74, 6) is 1.00. The van der Waals surface area contributed by atoms with Crippen molar-refractivity contribution in [3.05, 3.63) is 29.8 Å². The molecular weight excluding hydrogens is 328 g/mol. The molecule has 24 heavy (non-hydrogen) atoms. The third-order valence-corrected chi connectivity index (χ3v) is 6.11. The van der Waals surface area contributed by atoms with Gasteiger partial charge < -0.3 is 9.64 Å². The van der Waals surface area contributed by atoms with E-state index in [0.29, 0.717) is 45.6 Å². The Bertz CT molecular complexity index is 635. The number of hydrogen-bond donors (Lipinski definition) is 0. The fourth-order valence-corrected chi connectivity index (χ4v) is 4.25. The van der Waals surface area contributed by atoms with Crippen LogP contribution in [0.2, 0.25) is 0 Å². The summed E-state index contributed by atoms with van der Waals surface area (Å²) >= 11 is 0. The van der Waals surface area contributed by atoms with Crippen LogP contribution in [0.15, 0.2) is 24.3 Å². The summed E-state index contributed by atoms with van der Waals surface area (Å²) in [6.07, 6.45) is 0.938. The predicted molar refractivity (Wildman–Crippen MR) is 93.5 cm³/mol. The van der Waals surface area contributed by atoms with Gasteiger partial charge >= 0.3 is 0 Å². The van der Waals surface area contributed by atoms with Crippen LogP contribution in [0.4, 0.5) is 0 Å². The summed E-state index contributed by atoms with van der Waals surface area (Å²) < 4.78 is 31.0. The van der Waals surface area contributed by atoms with Crippen molar-refractivity contribution in [2.45, 2.75) is 26.7 Å². The standard InChI is InChI=1S/C17H26N2O4S/c1-3-13-24(21,22)19-11-9-18(10-12-19)17(20)14-15-5-7-16(8-6-15)23-4-2/h5-8H,3-4,9-14H2,1-2H3. The smallest absolute Gasteiger partial charge is 0.227 e. The first-order valence-corrected chi connectivity index (χ1v) is 10.0. The number of nitrogens with zero attached hydrogens (tertiary/aromatic N) is 2. The van der Waals surface area contributed by atoms with Gasteiger partial charge in [0.25, 0.3) is 0 Å². The van der Waals surface area contributed by atoms with Crippen molar-refractivity contribution in [3.63, 3.8) is 0 Å². The number of benzene rings is 1. The van der Waals surface area contributed by atoms with Crippen LogP contribution in [0.25, 0.3) is 0 Å². The SMILES string of the molecule is CCCS(=O)(=O)N1CCN(C(=O)Cc2ccc(OCC)cc2)CC1. The average Bonchev–Trinajstić information content (AvgIpc) is 2.57. The molecule has 0 aliphatic carbocycles. The fraction of sp³-hybridized carbons (Fsp3) is 0.588. The van der Waals surface area contributed by atoms with Crippen molar-refractivity contribution >= 4 is 15.9 Å². The van der Waals surface area contributed by atoms with Gasteiger partial charge in [-0.3, -0.25) is 4.79 Å².